The minimum atomic E-state index is -0.920. The molecule has 3 N–H and O–H groups in total. The lowest BCUT2D eigenvalue weighted by molar-refractivity contribution is -0.122. The Bertz CT molecular complexity index is 376. The number of rotatable bonds is 5. The van der Waals surface area contributed by atoms with E-state index in [9.17, 15) is 14.7 Å². The van der Waals surface area contributed by atoms with Gasteiger partial charge in [-0.05, 0) is 33.6 Å². The third-order valence-corrected chi connectivity index (χ3v) is 3.06. The fraction of sp³-hybridized carbons (Fsp3) is 0.714. The van der Waals surface area contributed by atoms with Crippen LogP contribution in [0.2, 0.25) is 0 Å². The van der Waals surface area contributed by atoms with Gasteiger partial charge in [-0.1, -0.05) is 6.08 Å². The Labute approximate surface area is 119 Å². The zero-order valence-corrected chi connectivity index (χ0v) is 12.3. The third-order valence-electron chi connectivity index (χ3n) is 3.06. The summed E-state index contributed by atoms with van der Waals surface area (Å²) in [5, 5.41) is 15.2. The summed E-state index contributed by atoms with van der Waals surface area (Å²) in [6, 6.07) is -0.587. The summed E-state index contributed by atoms with van der Waals surface area (Å²) in [6.45, 7) is 9.43. The highest BCUT2D eigenvalue weighted by atomic mass is 16.6. The van der Waals surface area contributed by atoms with Crippen molar-refractivity contribution in [1.29, 1.82) is 0 Å². The van der Waals surface area contributed by atoms with Gasteiger partial charge < -0.3 is 20.5 Å². The number of hydrogen-bond donors (Lipinski definition) is 3. The summed E-state index contributed by atoms with van der Waals surface area (Å²) in [7, 11) is 0. The molecule has 1 aliphatic heterocycles. The van der Waals surface area contributed by atoms with E-state index < -0.39 is 23.8 Å². The largest absolute Gasteiger partial charge is 0.444 e. The molecule has 1 fully saturated rings. The van der Waals surface area contributed by atoms with E-state index >= 15 is 0 Å². The molecule has 2 amide bonds. The van der Waals surface area contributed by atoms with Gasteiger partial charge in [0.2, 0.25) is 5.91 Å². The fourth-order valence-electron chi connectivity index (χ4n) is 2.08. The van der Waals surface area contributed by atoms with Crippen LogP contribution in [0.5, 0.6) is 0 Å². The highest BCUT2D eigenvalue weighted by Crippen LogP contribution is 2.18. The Morgan fingerprint density at radius 2 is 2.30 bits per heavy atom. The Balaban J connectivity index is 2.62. The van der Waals surface area contributed by atoms with Crippen LogP contribution in [-0.2, 0) is 9.53 Å². The van der Waals surface area contributed by atoms with Crippen molar-refractivity contribution >= 4 is 12.0 Å². The normalized spacial score (nSPS) is 21.8. The molecule has 0 aromatic rings. The number of amides is 2. The van der Waals surface area contributed by atoms with Gasteiger partial charge in [0, 0.05) is 12.5 Å². The molecular formula is C14H24N2O4. The first kappa shape index (κ1) is 16.5. The van der Waals surface area contributed by atoms with Gasteiger partial charge in [-0.3, -0.25) is 4.79 Å². The van der Waals surface area contributed by atoms with Crippen molar-refractivity contribution < 1.29 is 19.4 Å². The van der Waals surface area contributed by atoms with Crippen molar-refractivity contribution in [2.24, 2.45) is 5.92 Å². The molecule has 1 heterocycles. The maximum atomic E-state index is 11.8. The monoisotopic (exact) mass is 284 g/mol. The molecule has 0 aromatic heterocycles. The molecule has 0 spiro atoms. The first-order chi connectivity index (χ1) is 9.23. The Hall–Kier alpha value is -1.56. The standard InChI is InChI=1S/C14H24N2O4/c1-5-11(17)10(8-9-6-7-15-12(9)18)16-13(19)20-14(2,3)4/h5,9-11,17H,1,6-8H2,2-4H3,(H,15,18)(H,16,19)/t9-,10?,11?/m0/s1. The summed E-state index contributed by atoms with van der Waals surface area (Å²) >= 11 is 0. The molecule has 0 saturated carbocycles. The van der Waals surface area contributed by atoms with Crippen molar-refractivity contribution in [2.75, 3.05) is 6.54 Å². The number of aliphatic hydroxyl groups is 1. The zero-order valence-electron chi connectivity index (χ0n) is 12.3. The number of carbonyl (C=O) groups is 2. The van der Waals surface area contributed by atoms with Crippen LogP contribution in [0.25, 0.3) is 0 Å². The van der Waals surface area contributed by atoms with Crippen molar-refractivity contribution in [3.8, 4) is 0 Å². The lowest BCUT2D eigenvalue weighted by atomic mass is 9.95. The van der Waals surface area contributed by atoms with Crippen molar-refractivity contribution in [3.63, 3.8) is 0 Å². The van der Waals surface area contributed by atoms with Gasteiger partial charge in [-0.15, -0.1) is 6.58 Å². The molecule has 1 saturated heterocycles. The molecule has 0 radical (unpaired) electrons. The maximum absolute atomic E-state index is 11.8. The summed E-state index contributed by atoms with van der Waals surface area (Å²) in [5.74, 6) is -0.248. The van der Waals surface area contributed by atoms with Crippen LogP contribution in [0.3, 0.4) is 0 Å². The Morgan fingerprint density at radius 3 is 2.75 bits per heavy atom. The van der Waals surface area contributed by atoms with E-state index in [2.05, 4.69) is 17.2 Å². The van der Waals surface area contributed by atoms with E-state index in [1.807, 2.05) is 0 Å². The first-order valence-corrected chi connectivity index (χ1v) is 6.81. The van der Waals surface area contributed by atoms with E-state index in [4.69, 9.17) is 4.74 Å². The van der Waals surface area contributed by atoms with Crippen LogP contribution in [0.15, 0.2) is 12.7 Å². The van der Waals surface area contributed by atoms with Crippen molar-refractivity contribution in [2.45, 2.75) is 51.4 Å². The fourth-order valence-corrected chi connectivity index (χ4v) is 2.08. The van der Waals surface area contributed by atoms with Gasteiger partial charge in [-0.2, -0.15) is 0 Å². The maximum Gasteiger partial charge on any atom is 0.407 e. The molecule has 3 atom stereocenters. The van der Waals surface area contributed by atoms with Crippen LogP contribution in [-0.4, -0.2) is 41.4 Å². The number of hydrogen-bond acceptors (Lipinski definition) is 4. The molecular weight excluding hydrogens is 260 g/mol. The predicted molar refractivity (Wildman–Crippen MR) is 75.1 cm³/mol. The average Bonchev–Trinajstić information content (AvgIpc) is 2.70. The number of alkyl carbamates (subject to hydrolysis) is 1. The molecule has 20 heavy (non-hydrogen) atoms. The quantitative estimate of drug-likeness (QED) is 0.656. The lowest BCUT2D eigenvalue weighted by Gasteiger charge is -2.26. The van der Waals surface area contributed by atoms with Crippen molar-refractivity contribution in [1.82, 2.24) is 10.6 Å². The molecule has 1 rings (SSSR count). The lowest BCUT2D eigenvalue weighted by Crippen LogP contribution is -2.46. The van der Waals surface area contributed by atoms with Crippen LogP contribution >= 0.6 is 0 Å². The second-order valence-corrected chi connectivity index (χ2v) is 5.99. The number of ether oxygens (including phenoxy) is 1. The second kappa shape index (κ2) is 6.74. The summed E-state index contributed by atoms with van der Waals surface area (Å²) in [4.78, 5) is 23.3. The minimum Gasteiger partial charge on any atom is -0.444 e. The van der Waals surface area contributed by atoms with Crippen LogP contribution in [0, 0.1) is 5.92 Å². The van der Waals surface area contributed by atoms with E-state index in [1.54, 1.807) is 20.8 Å². The summed E-state index contributed by atoms with van der Waals surface area (Å²) < 4.78 is 5.16. The van der Waals surface area contributed by atoms with E-state index in [0.29, 0.717) is 19.4 Å². The zero-order chi connectivity index (χ0) is 15.3. The predicted octanol–water partition coefficient (Wildman–Crippen LogP) is 0.953. The van der Waals surface area contributed by atoms with Gasteiger partial charge in [0.15, 0.2) is 0 Å². The second-order valence-electron chi connectivity index (χ2n) is 5.99. The van der Waals surface area contributed by atoms with E-state index in [-0.39, 0.29) is 11.8 Å². The summed E-state index contributed by atoms with van der Waals surface area (Å²) in [6.07, 6.45) is 0.875. The molecule has 2 unspecified atom stereocenters. The Morgan fingerprint density at radius 1 is 1.65 bits per heavy atom. The van der Waals surface area contributed by atoms with E-state index in [0.717, 1.165) is 0 Å². The average molecular weight is 284 g/mol. The summed E-state index contributed by atoms with van der Waals surface area (Å²) in [5.41, 5.74) is -0.613. The SMILES string of the molecule is C=CC(O)C(C[C@@H]1CCNC1=O)NC(=O)OC(C)(C)C. The molecule has 6 heteroatoms. The Kier molecular flexibility index (Phi) is 5.56. The van der Waals surface area contributed by atoms with E-state index in [1.165, 1.54) is 6.08 Å². The molecule has 114 valence electrons. The molecule has 0 aromatic carbocycles. The topological polar surface area (TPSA) is 87.7 Å². The minimum absolute atomic E-state index is 0.0442. The van der Waals surface area contributed by atoms with Gasteiger partial charge in [0.05, 0.1) is 12.1 Å². The number of carbonyl (C=O) groups excluding carboxylic acids is 2. The smallest absolute Gasteiger partial charge is 0.407 e. The van der Waals surface area contributed by atoms with Gasteiger partial charge in [0.25, 0.3) is 0 Å². The highest BCUT2D eigenvalue weighted by Gasteiger charge is 2.31. The molecule has 0 bridgehead atoms. The van der Waals surface area contributed by atoms with Gasteiger partial charge in [0.1, 0.15) is 5.60 Å². The molecule has 6 nitrogen and oxygen atoms in total. The highest BCUT2D eigenvalue weighted by molar-refractivity contribution is 5.80. The van der Waals surface area contributed by atoms with Gasteiger partial charge in [-0.25, -0.2) is 4.79 Å². The van der Waals surface area contributed by atoms with Gasteiger partial charge >= 0.3 is 6.09 Å². The van der Waals surface area contributed by atoms with Crippen molar-refractivity contribution in [3.05, 3.63) is 12.7 Å². The first-order valence-electron chi connectivity index (χ1n) is 6.81. The third kappa shape index (κ3) is 5.21. The number of nitrogens with one attached hydrogen (secondary N) is 2. The number of aliphatic hydroxyl groups excluding tert-OH is 1. The van der Waals surface area contributed by atoms with Crippen LogP contribution < -0.4 is 10.6 Å². The molecule has 1 aliphatic rings. The van der Waals surface area contributed by atoms with Crippen LogP contribution in [0.1, 0.15) is 33.6 Å². The van der Waals surface area contributed by atoms with Crippen LogP contribution in [0.4, 0.5) is 4.79 Å². The molecule has 0 aliphatic carbocycles.